The van der Waals surface area contributed by atoms with Gasteiger partial charge in [0.1, 0.15) is 11.9 Å². The summed E-state index contributed by atoms with van der Waals surface area (Å²) in [5, 5.41) is 9.33. The summed E-state index contributed by atoms with van der Waals surface area (Å²) >= 11 is 0. The molecule has 3 heteroatoms. The highest BCUT2D eigenvalue weighted by atomic mass is 16.3. The third-order valence-corrected chi connectivity index (χ3v) is 1.27. The Morgan fingerprint density at radius 3 is 2.55 bits per heavy atom. The number of aliphatic hydroxyl groups excluding tert-OH is 1. The van der Waals surface area contributed by atoms with E-state index in [-0.39, 0.29) is 0 Å². The maximum atomic E-state index is 9.33. The zero-order valence-electron chi connectivity index (χ0n) is 7.41. The minimum Gasteiger partial charge on any atom is -0.381 e. The molecular formula is C8H16N2O. The van der Waals surface area contributed by atoms with E-state index < -0.39 is 6.10 Å². The van der Waals surface area contributed by atoms with Crippen LogP contribution in [0.2, 0.25) is 0 Å². The van der Waals surface area contributed by atoms with E-state index in [0.717, 1.165) is 0 Å². The average Bonchev–Trinajstić information content (AvgIpc) is 1.98. The van der Waals surface area contributed by atoms with Gasteiger partial charge in [-0.2, -0.15) is 0 Å². The molecule has 0 bridgehead atoms. The normalized spacial score (nSPS) is 14.4. The Morgan fingerprint density at radius 2 is 2.27 bits per heavy atom. The molecule has 0 aromatic heterocycles. The Balaban J connectivity index is 4.33. The summed E-state index contributed by atoms with van der Waals surface area (Å²) in [7, 11) is 3.70. The van der Waals surface area contributed by atoms with Crippen LogP contribution in [-0.2, 0) is 0 Å². The fourth-order valence-electron chi connectivity index (χ4n) is 0.767. The molecule has 1 atom stereocenters. The van der Waals surface area contributed by atoms with Crippen LogP contribution < -0.4 is 0 Å². The summed E-state index contributed by atoms with van der Waals surface area (Å²) in [4.78, 5) is 5.90. The van der Waals surface area contributed by atoms with Gasteiger partial charge in [0, 0.05) is 20.6 Å². The van der Waals surface area contributed by atoms with Crippen molar-refractivity contribution in [2.75, 3.05) is 20.6 Å². The molecule has 0 heterocycles. The van der Waals surface area contributed by atoms with Gasteiger partial charge in [-0.05, 0) is 6.92 Å². The number of amidine groups is 1. The molecule has 64 valence electrons. The number of rotatable bonds is 3. The van der Waals surface area contributed by atoms with Crippen LogP contribution >= 0.6 is 0 Å². The highest BCUT2D eigenvalue weighted by Gasteiger charge is 2.08. The predicted molar refractivity (Wildman–Crippen MR) is 47.9 cm³/mol. The molecule has 0 aliphatic rings. The molecule has 0 spiro atoms. The Labute approximate surface area is 68.1 Å². The first kappa shape index (κ1) is 10.2. The number of hydrogen-bond donors (Lipinski definition) is 1. The van der Waals surface area contributed by atoms with E-state index >= 15 is 0 Å². The highest BCUT2D eigenvalue weighted by molar-refractivity contribution is 5.87. The van der Waals surface area contributed by atoms with Crippen molar-refractivity contribution >= 4 is 5.84 Å². The summed E-state index contributed by atoms with van der Waals surface area (Å²) in [6.45, 7) is 6.10. The quantitative estimate of drug-likeness (QED) is 0.367. The lowest BCUT2D eigenvalue weighted by molar-refractivity contribution is 0.273. The van der Waals surface area contributed by atoms with Crippen LogP contribution in [0.25, 0.3) is 0 Å². The lowest BCUT2D eigenvalue weighted by atomic mass is 10.3. The number of hydrogen-bond acceptors (Lipinski definition) is 2. The Hall–Kier alpha value is -0.830. The Kier molecular flexibility index (Phi) is 4.54. The first-order valence-electron chi connectivity index (χ1n) is 3.65. The molecule has 1 unspecified atom stereocenters. The first-order chi connectivity index (χ1) is 5.13. The second-order valence-electron chi connectivity index (χ2n) is 2.41. The Morgan fingerprint density at radius 1 is 1.73 bits per heavy atom. The van der Waals surface area contributed by atoms with E-state index in [1.54, 1.807) is 4.90 Å². The third kappa shape index (κ3) is 3.18. The lowest BCUT2D eigenvalue weighted by Gasteiger charge is -2.18. The van der Waals surface area contributed by atoms with Crippen LogP contribution in [-0.4, -0.2) is 42.6 Å². The lowest BCUT2D eigenvalue weighted by Crippen LogP contribution is -2.32. The maximum Gasteiger partial charge on any atom is 0.132 e. The fraction of sp³-hybridized carbons (Fsp3) is 0.625. The van der Waals surface area contributed by atoms with Gasteiger partial charge in [0.2, 0.25) is 0 Å². The topological polar surface area (TPSA) is 35.8 Å². The van der Waals surface area contributed by atoms with Crippen molar-refractivity contribution in [1.29, 1.82) is 0 Å². The standard InChI is InChI=1S/C8H16N2O/c1-5-7(11)8(9-6-2)10(3)4/h5,7,11H,1,6H2,2-4H3. The van der Waals surface area contributed by atoms with Crippen LogP contribution in [0.5, 0.6) is 0 Å². The number of aliphatic hydroxyl groups is 1. The van der Waals surface area contributed by atoms with Gasteiger partial charge in [0.15, 0.2) is 0 Å². The van der Waals surface area contributed by atoms with Crippen LogP contribution in [0.15, 0.2) is 17.6 Å². The molecule has 0 fully saturated rings. The van der Waals surface area contributed by atoms with E-state index in [9.17, 15) is 5.11 Å². The van der Waals surface area contributed by atoms with Crippen molar-refractivity contribution < 1.29 is 5.11 Å². The van der Waals surface area contributed by atoms with Crippen molar-refractivity contribution in [2.45, 2.75) is 13.0 Å². The molecule has 0 amide bonds. The molecule has 0 saturated carbocycles. The third-order valence-electron chi connectivity index (χ3n) is 1.27. The van der Waals surface area contributed by atoms with E-state index in [1.807, 2.05) is 21.0 Å². The van der Waals surface area contributed by atoms with Crippen LogP contribution in [0.4, 0.5) is 0 Å². The van der Waals surface area contributed by atoms with E-state index in [1.165, 1.54) is 6.08 Å². The molecule has 0 aliphatic heterocycles. The zero-order chi connectivity index (χ0) is 8.85. The first-order valence-corrected chi connectivity index (χ1v) is 3.65. The van der Waals surface area contributed by atoms with Gasteiger partial charge in [0.05, 0.1) is 0 Å². The van der Waals surface area contributed by atoms with Crippen molar-refractivity contribution in [1.82, 2.24) is 4.90 Å². The molecule has 0 radical (unpaired) electrons. The minimum absolute atomic E-state index is 0.648. The molecule has 0 aromatic carbocycles. The van der Waals surface area contributed by atoms with E-state index in [0.29, 0.717) is 12.4 Å². The molecule has 0 saturated heterocycles. The van der Waals surface area contributed by atoms with Gasteiger partial charge < -0.3 is 10.0 Å². The van der Waals surface area contributed by atoms with Gasteiger partial charge >= 0.3 is 0 Å². The fourth-order valence-corrected chi connectivity index (χ4v) is 0.767. The molecule has 1 N–H and O–H groups in total. The summed E-state index contributed by atoms with van der Waals surface area (Å²) in [5.74, 6) is 0.655. The smallest absolute Gasteiger partial charge is 0.132 e. The Bertz CT molecular complexity index is 152. The van der Waals surface area contributed by atoms with Gasteiger partial charge in [-0.3, -0.25) is 4.99 Å². The maximum absolute atomic E-state index is 9.33. The molecule has 0 rings (SSSR count). The number of aliphatic imine (C=N–C) groups is 1. The van der Waals surface area contributed by atoms with Crippen LogP contribution in [0.1, 0.15) is 6.92 Å². The summed E-state index contributed by atoms with van der Waals surface area (Å²) in [6.07, 6.45) is 0.819. The monoisotopic (exact) mass is 156 g/mol. The molecule has 11 heavy (non-hydrogen) atoms. The van der Waals surface area contributed by atoms with Gasteiger partial charge in [-0.1, -0.05) is 6.08 Å². The number of nitrogens with zero attached hydrogens (tertiary/aromatic N) is 2. The summed E-state index contributed by atoms with van der Waals surface area (Å²) in [5.41, 5.74) is 0. The van der Waals surface area contributed by atoms with Crippen molar-refractivity contribution in [3.8, 4) is 0 Å². The van der Waals surface area contributed by atoms with Crippen LogP contribution in [0.3, 0.4) is 0 Å². The largest absolute Gasteiger partial charge is 0.381 e. The van der Waals surface area contributed by atoms with Gasteiger partial charge in [-0.25, -0.2) is 0 Å². The van der Waals surface area contributed by atoms with E-state index in [2.05, 4.69) is 11.6 Å². The average molecular weight is 156 g/mol. The van der Waals surface area contributed by atoms with Gasteiger partial charge in [-0.15, -0.1) is 6.58 Å². The summed E-state index contributed by atoms with van der Waals surface area (Å²) < 4.78 is 0. The molecule has 0 aliphatic carbocycles. The van der Waals surface area contributed by atoms with Crippen molar-refractivity contribution in [2.24, 2.45) is 4.99 Å². The minimum atomic E-state index is -0.648. The second-order valence-corrected chi connectivity index (χ2v) is 2.41. The molecule has 3 nitrogen and oxygen atoms in total. The van der Waals surface area contributed by atoms with Gasteiger partial charge in [0.25, 0.3) is 0 Å². The van der Waals surface area contributed by atoms with E-state index in [4.69, 9.17) is 0 Å². The molecule has 0 aromatic rings. The predicted octanol–water partition coefficient (Wildman–Crippen LogP) is 0.513. The highest BCUT2D eigenvalue weighted by Crippen LogP contribution is 1.93. The van der Waals surface area contributed by atoms with Crippen molar-refractivity contribution in [3.63, 3.8) is 0 Å². The second kappa shape index (κ2) is 4.91. The number of likely N-dealkylation sites (N-methyl/N-ethyl adjacent to an activating group) is 1. The molecular weight excluding hydrogens is 140 g/mol. The SMILES string of the molecule is C=CC(O)C(=NCC)N(C)C. The van der Waals surface area contributed by atoms with Crippen molar-refractivity contribution in [3.05, 3.63) is 12.7 Å². The zero-order valence-corrected chi connectivity index (χ0v) is 7.41. The van der Waals surface area contributed by atoms with Crippen LogP contribution in [0, 0.1) is 0 Å². The summed E-state index contributed by atoms with van der Waals surface area (Å²) in [6, 6.07) is 0.